The van der Waals surface area contributed by atoms with Gasteiger partial charge in [0.1, 0.15) is 0 Å². The van der Waals surface area contributed by atoms with Crippen LogP contribution >= 0.6 is 0 Å². The number of nitrogens with zero attached hydrogens (tertiary/aromatic N) is 2. The predicted molar refractivity (Wildman–Crippen MR) is 62.9 cm³/mol. The molecule has 0 aliphatic heterocycles. The molecule has 6 heteroatoms. The van der Waals surface area contributed by atoms with Gasteiger partial charge in [-0.15, -0.1) is 5.10 Å². The summed E-state index contributed by atoms with van der Waals surface area (Å²) < 4.78 is 10.2. The highest BCUT2D eigenvalue weighted by molar-refractivity contribution is 5.82. The summed E-state index contributed by atoms with van der Waals surface area (Å²) in [5.74, 6) is 1.19. The Morgan fingerprint density at radius 3 is 2.44 bits per heavy atom. The van der Waals surface area contributed by atoms with Crippen LogP contribution in [0.2, 0.25) is 0 Å². The molecule has 0 heterocycles. The van der Waals surface area contributed by atoms with E-state index in [4.69, 9.17) is 20.9 Å². The van der Waals surface area contributed by atoms with Crippen LogP contribution in [0.25, 0.3) is 0 Å². The molecule has 1 aromatic carbocycles. The van der Waals surface area contributed by atoms with Crippen LogP contribution in [0.5, 0.6) is 11.5 Å². The third kappa shape index (κ3) is 3.16. The molecule has 1 rings (SSSR count). The van der Waals surface area contributed by atoms with Gasteiger partial charge in [0.05, 0.1) is 20.4 Å². The molecule has 0 saturated heterocycles. The summed E-state index contributed by atoms with van der Waals surface area (Å²) in [5.41, 5.74) is 11.1. The molecule has 0 aliphatic carbocycles. The molecule has 0 amide bonds. The first-order chi connectivity index (χ1) is 7.67. The highest BCUT2D eigenvalue weighted by atomic mass is 16.5. The van der Waals surface area contributed by atoms with Crippen LogP contribution in [-0.2, 0) is 0 Å². The molecule has 0 bridgehead atoms. The number of hydrogen-bond donors (Lipinski definition) is 2. The summed E-state index contributed by atoms with van der Waals surface area (Å²) in [6, 6.07) is 5.35. The molecule has 86 valence electrons. The van der Waals surface area contributed by atoms with Gasteiger partial charge < -0.3 is 20.9 Å². The Morgan fingerprint density at radius 2 is 1.88 bits per heavy atom. The van der Waals surface area contributed by atoms with Gasteiger partial charge in [0, 0.05) is 0 Å². The highest BCUT2D eigenvalue weighted by Crippen LogP contribution is 2.26. The molecule has 16 heavy (non-hydrogen) atoms. The van der Waals surface area contributed by atoms with Crippen molar-refractivity contribution in [3.8, 4) is 11.5 Å². The van der Waals surface area contributed by atoms with Crippen molar-refractivity contribution >= 4 is 12.2 Å². The predicted octanol–water partition coefficient (Wildman–Crippen LogP) is 0.311. The lowest BCUT2D eigenvalue weighted by molar-refractivity contribution is 0.355. The second-order valence-corrected chi connectivity index (χ2v) is 2.88. The number of methoxy groups -OCH3 is 2. The van der Waals surface area contributed by atoms with Gasteiger partial charge in [-0.25, -0.2) is 0 Å². The minimum Gasteiger partial charge on any atom is -0.493 e. The third-order valence-electron chi connectivity index (χ3n) is 1.79. The van der Waals surface area contributed by atoms with Crippen molar-refractivity contribution in [3.05, 3.63) is 23.8 Å². The first-order valence-electron chi connectivity index (χ1n) is 4.51. The molecule has 0 aliphatic rings. The standard InChI is InChI=1S/C10H14N4O2/c1-15-8-4-3-7(5-9(8)16-2)6-13-14-10(11)12/h3-6H,1-2H3,(H4,11,12,14). The zero-order chi connectivity index (χ0) is 12.0. The Kier molecular flexibility index (Phi) is 4.14. The molecule has 0 atom stereocenters. The fourth-order valence-electron chi connectivity index (χ4n) is 1.10. The smallest absolute Gasteiger partial charge is 0.211 e. The fourth-order valence-corrected chi connectivity index (χ4v) is 1.10. The van der Waals surface area contributed by atoms with Crippen molar-refractivity contribution in [2.45, 2.75) is 0 Å². The minimum absolute atomic E-state index is 0.0864. The van der Waals surface area contributed by atoms with Gasteiger partial charge in [-0.2, -0.15) is 5.10 Å². The summed E-state index contributed by atoms with van der Waals surface area (Å²) >= 11 is 0. The first-order valence-corrected chi connectivity index (χ1v) is 4.51. The molecule has 0 unspecified atom stereocenters. The van der Waals surface area contributed by atoms with Crippen LogP contribution in [-0.4, -0.2) is 26.4 Å². The van der Waals surface area contributed by atoms with Crippen LogP contribution in [0.15, 0.2) is 28.4 Å². The summed E-state index contributed by atoms with van der Waals surface area (Å²) in [5, 5.41) is 7.18. The van der Waals surface area contributed by atoms with E-state index in [1.165, 1.54) is 6.21 Å². The lowest BCUT2D eigenvalue weighted by atomic mass is 10.2. The number of guanidine groups is 1. The second kappa shape index (κ2) is 5.59. The van der Waals surface area contributed by atoms with E-state index < -0.39 is 0 Å². The first kappa shape index (κ1) is 11.8. The largest absolute Gasteiger partial charge is 0.493 e. The molecule has 0 saturated carbocycles. The van der Waals surface area contributed by atoms with E-state index in [1.807, 2.05) is 6.07 Å². The van der Waals surface area contributed by atoms with E-state index in [-0.39, 0.29) is 5.96 Å². The van der Waals surface area contributed by atoms with Crippen molar-refractivity contribution in [2.24, 2.45) is 21.7 Å². The van der Waals surface area contributed by atoms with Crippen molar-refractivity contribution in [1.29, 1.82) is 0 Å². The summed E-state index contributed by atoms with van der Waals surface area (Å²) in [7, 11) is 3.14. The monoisotopic (exact) mass is 222 g/mol. The van der Waals surface area contributed by atoms with Gasteiger partial charge in [-0.3, -0.25) is 0 Å². The third-order valence-corrected chi connectivity index (χ3v) is 1.79. The molecule has 1 aromatic rings. The number of ether oxygens (including phenoxy) is 2. The summed E-state index contributed by atoms with van der Waals surface area (Å²) in [4.78, 5) is 0. The number of rotatable bonds is 4. The average Bonchev–Trinajstić information content (AvgIpc) is 2.28. The highest BCUT2D eigenvalue weighted by Gasteiger charge is 2.02. The molecular formula is C10H14N4O2. The van der Waals surface area contributed by atoms with E-state index in [0.29, 0.717) is 11.5 Å². The molecule has 0 aromatic heterocycles. The fraction of sp³-hybridized carbons (Fsp3) is 0.200. The minimum atomic E-state index is -0.0864. The molecule has 0 radical (unpaired) electrons. The second-order valence-electron chi connectivity index (χ2n) is 2.88. The van der Waals surface area contributed by atoms with E-state index in [1.54, 1.807) is 26.4 Å². The van der Waals surface area contributed by atoms with E-state index in [0.717, 1.165) is 5.56 Å². The van der Waals surface area contributed by atoms with Crippen LogP contribution in [0.3, 0.4) is 0 Å². The summed E-state index contributed by atoms with van der Waals surface area (Å²) in [6.45, 7) is 0. The summed E-state index contributed by atoms with van der Waals surface area (Å²) in [6.07, 6.45) is 1.52. The van der Waals surface area contributed by atoms with E-state index in [9.17, 15) is 0 Å². The number of hydrogen-bond acceptors (Lipinski definition) is 4. The van der Waals surface area contributed by atoms with Crippen molar-refractivity contribution in [1.82, 2.24) is 0 Å². The van der Waals surface area contributed by atoms with Crippen LogP contribution in [0.4, 0.5) is 0 Å². The Labute approximate surface area is 93.6 Å². The Hall–Kier alpha value is -2.24. The van der Waals surface area contributed by atoms with Gasteiger partial charge in [0.2, 0.25) is 5.96 Å². The quantitative estimate of drug-likeness (QED) is 0.435. The van der Waals surface area contributed by atoms with Crippen molar-refractivity contribution < 1.29 is 9.47 Å². The Balaban J connectivity index is 2.91. The lowest BCUT2D eigenvalue weighted by Gasteiger charge is -2.06. The van der Waals surface area contributed by atoms with Gasteiger partial charge in [-0.1, -0.05) is 0 Å². The zero-order valence-corrected chi connectivity index (χ0v) is 9.18. The van der Waals surface area contributed by atoms with Crippen LogP contribution in [0, 0.1) is 0 Å². The average molecular weight is 222 g/mol. The molecule has 0 spiro atoms. The van der Waals surface area contributed by atoms with Crippen molar-refractivity contribution in [2.75, 3.05) is 14.2 Å². The van der Waals surface area contributed by atoms with Crippen LogP contribution < -0.4 is 20.9 Å². The maximum absolute atomic E-state index is 5.13. The van der Waals surface area contributed by atoms with Gasteiger partial charge >= 0.3 is 0 Å². The maximum Gasteiger partial charge on any atom is 0.211 e. The van der Waals surface area contributed by atoms with Gasteiger partial charge in [-0.05, 0) is 23.8 Å². The molecule has 6 nitrogen and oxygen atoms in total. The normalized spacial score (nSPS) is 10.1. The zero-order valence-electron chi connectivity index (χ0n) is 9.18. The Morgan fingerprint density at radius 1 is 1.19 bits per heavy atom. The Bertz CT molecular complexity index is 411. The topological polar surface area (TPSA) is 95.2 Å². The van der Waals surface area contributed by atoms with E-state index in [2.05, 4.69) is 10.2 Å². The SMILES string of the molecule is COc1ccc(C=NN=C(N)N)cc1OC. The lowest BCUT2D eigenvalue weighted by Crippen LogP contribution is -2.21. The molecule has 0 fully saturated rings. The maximum atomic E-state index is 5.13. The van der Waals surface area contributed by atoms with Gasteiger partial charge in [0.15, 0.2) is 11.5 Å². The van der Waals surface area contributed by atoms with Gasteiger partial charge in [0.25, 0.3) is 0 Å². The van der Waals surface area contributed by atoms with Crippen LogP contribution in [0.1, 0.15) is 5.56 Å². The van der Waals surface area contributed by atoms with Crippen molar-refractivity contribution in [3.63, 3.8) is 0 Å². The van der Waals surface area contributed by atoms with E-state index >= 15 is 0 Å². The molecular weight excluding hydrogens is 208 g/mol. The molecule has 4 N–H and O–H groups in total. The number of nitrogens with two attached hydrogens (primary N) is 2. The number of benzene rings is 1.